The van der Waals surface area contributed by atoms with Gasteiger partial charge in [0.2, 0.25) is 11.8 Å². The van der Waals surface area contributed by atoms with E-state index in [0.717, 1.165) is 19.3 Å². The summed E-state index contributed by atoms with van der Waals surface area (Å²) in [6.07, 6.45) is 5.96. The first-order valence-electron chi connectivity index (χ1n) is 11.3. The van der Waals surface area contributed by atoms with Crippen LogP contribution in [0.3, 0.4) is 0 Å². The number of carbonyl (C=O) groups excluding carboxylic acids is 2. The maximum absolute atomic E-state index is 12.4. The molecule has 34 heavy (non-hydrogen) atoms. The lowest BCUT2D eigenvalue weighted by Gasteiger charge is -2.40. The Labute approximate surface area is 209 Å². The molecule has 1 fully saturated rings. The third kappa shape index (κ3) is 6.71. The Bertz CT molecular complexity index is 1030. The van der Waals surface area contributed by atoms with Crippen molar-refractivity contribution in [2.24, 2.45) is 0 Å². The molecule has 0 unspecified atom stereocenters. The number of nitrogens with two attached hydrogens (primary N) is 1. The molecule has 2 aromatic rings. The molecular weight excluding hydrogens is 479 g/mol. The summed E-state index contributed by atoms with van der Waals surface area (Å²) in [6.45, 7) is 3.47. The molecule has 0 aliphatic carbocycles. The van der Waals surface area contributed by atoms with Gasteiger partial charge in [0.15, 0.2) is 5.82 Å². The summed E-state index contributed by atoms with van der Waals surface area (Å²) >= 11 is 12.4. The molecular formula is C23H30Cl2N6O3. The van der Waals surface area contributed by atoms with Gasteiger partial charge in [-0.25, -0.2) is 15.4 Å². The summed E-state index contributed by atoms with van der Waals surface area (Å²) < 4.78 is 0. The molecule has 1 aromatic carbocycles. The Morgan fingerprint density at radius 3 is 2.47 bits per heavy atom. The number of carbonyl (C=O) groups is 2. The molecule has 5 N–H and O–H groups in total. The van der Waals surface area contributed by atoms with Crippen LogP contribution in [0.4, 0.5) is 11.6 Å². The van der Waals surface area contributed by atoms with Crippen LogP contribution in [0.1, 0.15) is 51.9 Å². The van der Waals surface area contributed by atoms with E-state index in [9.17, 15) is 9.59 Å². The highest BCUT2D eigenvalue weighted by Crippen LogP contribution is 2.35. The van der Waals surface area contributed by atoms with Crippen molar-refractivity contribution in [1.29, 1.82) is 0 Å². The summed E-state index contributed by atoms with van der Waals surface area (Å²) in [6, 6.07) is 5.29. The molecule has 1 aliphatic rings. The monoisotopic (exact) mass is 508 g/mol. The SMILES string of the molecule is CC1(NC(=O)CCCCCC(=O)NO)CCN(c2cnc(-c3cccc(Cl)c3Cl)c(N)n2)CC1. The average Bonchev–Trinajstić information content (AvgIpc) is 2.81. The van der Waals surface area contributed by atoms with Crippen LogP contribution in [0.15, 0.2) is 24.4 Å². The summed E-state index contributed by atoms with van der Waals surface area (Å²) in [4.78, 5) is 34.5. The molecule has 1 aromatic heterocycles. The Kier molecular flexibility index (Phi) is 8.93. The third-order valence-electron chi connectivity index (χ3n) is 6.06. The van der Waals surface area contributed by atoms with Gasteiger partial charge in [-0.15, -0.1) is 0 Å². The number of halogens is 2. The molecule has 11 heteroatoms. The number of amides is 2. The fourth-order valence-electron chi connectivity index (χ4n) is 4.00. The number of nitrogen functional groups attached to an aromatic ring is 1. The Balaban J connectivity index is 1.51. The maximum atomic E-state index is 12.4. The summed E-state index contributed by atoms with van der Waals surface area (Å²) in [5, 5.41) is 12.5. The number of nitrogens with zero attached hydrogens (tertiary/aromatic N) is 3. The summed E-state index contributed by atoms with van der Waals surface area (Å²) in [5.41, 5.74) is 8.64. The van der Waals surface area contributed by atoms with Crippen LogP contribution in [-0.2, 0) is 9.59 Å². The van der Waals surface area contributed by atoms with Gasteiger partial charge >= 0.3 is 0 Å². The van der Waals surface area contributed by atoms with Crippen molar-refractivity contribution in [2.75, 3.05) is 23.7 Å². The predicted octanol–water partition coefficient (Wildman–Crippen LogP) is 3.96. The largest absolute Gasteiger partial charge is 0.382 e. The number of hydrogen-bond acceptors (Lipinski definition) is 7. The molecule has 0 spiro atoms. The Morgan fingerprint density at radius 1 is 1.15 bits per heavy atom. The van der Waals surface area contributed by atoms with Crippen LogP contribution in [0.5, 0.6) is 0 Å². The van der Waals surface area contributed by atoms with Crippen molar-refractivity contribution >= 4 is 46.7 Å². The van der Waals surface area contributed by atoms with E-state index in [4.69, 9.17) is 34.1 Å². The molecule has 9 nitrogen and oxygen atoms in total. The Morgan fingerprint density at radius 2 is 1.82 bits per heavy atom. The van der Waals surface area contributed by atoms with E-state index in [1.165, 1.54) is 0 Å². The van der Waals surface area contributed by atoms with E-state index < -0.39 is 5.91 Å². The fourth-order valence-corrected chi connectivity index (χ4v) is 4.39. The van der Waals surface area contributed by atoms with Crippen molar-refractivity contribution < 1.29 is 14.8 Å². The van der Waals surface area contributed by atoms with Gasteiger partial charge in [0, 0.05) is 37.0 Å². The highest BCUT2D eigenvalue weighted by Gasteiger charge is 2.32. The van der Waals surface area contributed by atoms with E-state index >= 15 is 0 Å². The zero-order valence-corrected chi connectivity index (χ0v) is 20.6. The number of piperidine rings is 1. The van der Waals surface area contributed by atoms with Crippen LogP contribution in [0.25, 0.3) is 11.3 Å². The average molecular weight is 509 g/mol. The standard InChI is InChI=1S/C23H30Cl2N6O3/c1-23(29-18(32)8-3-2-4-9-19(33)30-34)10-12-31(13-11-23)17-14-27-21(22(26)28-17)15-6-5-7-16(24)20(15)25/h5-7,14,34H,2-4,8-13H2,1H3,(H2,26,28)(H,29,32)(H,30,33). The quantitative estimate of drug-likeness (QED) is 0.228. The second-order valence-electron chi connectivity index (χ2n) is 8.75. The molecule has 3 rings (SSSR count). The first-order valence-corrected chi connectivity index (χ1v) is 12.0. The van der Waals surface area contributed by atoms with Gasteiger partial charge in [-0.1, -0.05) is 41.8 Å². The molecule has 0 saturated carbocycles. The minimum Gasteiger partial charge on any atom is -0.382 e. The number of benzene rings is 1. The van der Waals surface area contributed by atoms with Gasteiger partial charge in [0.1, 0.15) is 11.5 Å². The number of rotatable bonds is 9. The molecule has 0 bridgehead atoms. The highest BCUT2D eigenvalue weighted by molar-refractivity contribution is 6.43. The van der Waals surface area contributed by atoms with Crippen LogP contribution in [0, 0.1) is 0 Å². The second-order valence-corrected chi connectivity index (χ2v) is 9.54. The van der Waals surface area contributed by atoms with Crippen LogP contribution in [0.2, 0.25) is 10.0 Å². The van der Waals surface area contributed by atoms with Crippen molar-refractivity contribution in [3.8, 4) is 11.3 Å². The molecule has 2 amide bonds. The van der Waals surface area contributed by atoms with Gasteiger partial charge < -0.3 is 16.0 Å². The molecule has 1 saturated heterocycles. The lowest BCUT2D eigenvalue weighted by Crippen LogP contribution is -2.53. The zero-order valence-electron chi connectivity index (χ0n) is 19.1. The topological polar surface area (TPSA) is 133 Å². The van der Waals surface area contributed by atoms with Gasteiger partial charge in [-0.3, -0.25) is 14.8 Å². The van der Waals surface area contributed by atoms with E-state index in [2.05, 4.69) is 27.1 Å². The molecule has 0 radical (unpaired) electrons. The normalized spacial score (nSPS) is 15.1. The van der Waals surface area contributed by atoms with Crippen molar-refractivity contribution in [3.05, 3.63) is 34.4 Å². The molecule has 0 atom stereocenters. The fraction of sp³-hybridized carbons (Fsp3) is 0.478. The minimum atomic E-state index is -0.405. The van der Waals surface area contributed by atoms with Crippen LogP contribution in [-0.4, -0.2) is 45.6 Å². The number of unbranched alkanes of at least 4 members (excludes halogenated alkanes) is 2. The first-order chi connectivity index (χ1) is 16.2. The van der Waals surface area contributed by atoms with E-state index in [1.54, 1.807) is 29.9 Å². The predicted molar refractivity (Wildman–Crippen MR) is 133 cm³/mol. The summed E-state index contributed by atoms with van der Waals surface area (Å²) in [7, 11) is 0. The second kappa shape index (κ2) is 11.7. The smallest absolute Gasteiger partial charge is 0.243 e. The molecule has 2 heterocycles. The number of nitrogens with one attached hydrogen (secondary N) is 2. The zero-order chi connectivity index (χ0) is 24.7. The summed E-state index contributed by atoms with van der Waals surface area (Å²) in [5.74, 6) is 0.562. The number of hydrogen-bond donors (Lipinski definition) is 4. The van der Waals surface area contributed by atoms with E-state index in [-0.39, 0.29) is 23.7 Å². The first kappa shape index (κ1) is 26.0. The van der Waals surface area contributed by atoms with Gasteiger partial charge in [-0.2, -0.15) is 0 Å². The van der Waals surface area contributed by atoms with Gasteiger partial charge in [0.05, 0.1) is 16.2 Å². The molecule has 1 aliphatic heterocycles. The van der Waals surface area contributed by atoms with Crippen molar-refractivity contribution in [1.82, 2.24) is 20.8 Å². The maximum Gasteiger partial charge on any atom is 0.243 e. The molecule has 184 valence electrons. The lowest BCUT2D eigenvalue weighted by atomic mass is 9.89. The van der Waals surface area contributed by atoms with E-state index in [0.29, 0.717) is 59.5 Å². The van der Waals surface area contributed by atoms with Gasteiger partial charge in [-0.05, 0) is 38.7 Å². The van der Waals surface area contributed by atoms with Crippen molar-refractivity contribution in [2.45, 2.75) is 57.4 Å². The van der Waals surface area contributed by atoms with Gasteiger partial charge in [0.25, 0.3) is 0 Å². The number of hydroxylamine groups is 1. The number of aromatic nitrogens is 2. The van der Waals surface area contributed by atoms with Crippen LogP contribution < -0.4 is 21.4 Å². The number of anilines is 2. The minimum absolute atomic E-state index is 0.00866. The lowest BCUT2D eigenvalue weighted by molar-refractivity contribution is -0.129. The van der Waals surface area contributed by atoms with E-state index in [1.807, 2.05) is 0 Å². The Hall–Kier alpha value is -2.62. The highest BCUT2D eigenvalue weighted by atomic mass is 35.5. The van der Waals surface area contributed by atoms with Crippen LogP contribution >= 0.6 is 23.2 Å². The third-order valence-corrected chi connectivity index (χ3v) is 6.88. The van der Waals surface area contributed by atoms with Crippen molar-refractivity contribution in [3.63, 3.8) is 0 Å².